The van der Waals surface area contributed by atoms with Crippen molar-refractivity contribution in [1.29, 1.82) is 0 Å². The third-order valence-electron chi connectivity index (χ3n) is 5.34. The van der Waals surface area contributed by atoms with Gasteiger partial charge in [-0.2, -0.15) is 0 Å². The molecule has 10 nitrogen and oxygen atoms in total. The molecule has 0 saturated carbocycles. The van der Waals surface area contributed by atoms with Gasteiger partial charge < -0.3 is 44.9 Å². The van der Waals surface area contributed by atoms with Gasteiger partial charge >= 0.3 is 0 Å². The van der Waals surface area contributed by atoms with Gasteiger partial charge in [0.2, 0.25) is 0 Å². The monoisotopic (exact) mass is 432 g/mol. The number of benzene rings is 2. The lowest BCUT2D eigenvalue weighted by Crippen LogP contribution is -2.55. The van der Waals surface area contributed by atoms with E-state index in [1.165, 1.54) is 24.3 Å². The Balaban J connectivity index is 1.89. The van der Waals surface area contributed by atoms with Crippen LogP contribution in [-0.4, -0.2) is 66.8 Å². The summed E-state index contributed by atoms with van der Waals surface area (Å²) in [4.78, 5) is 12.6. The molecule has 7 N–H and O–H groups in total. The van der Waals surface area contributed by atoms with Crippen LogP contribution in [0, 0.1) is 0 Å². The summed E-state index contributed by atoms with van der Waals surface area (Å²) in [6.07, 6.45) is -7.72. The smallest absolute Gasteiger partial charge is 0.197 e. The second-order valence-electron chi connectivity index (χ2n) is 7.31. The highest BCUT2D eigenvalue weighted by atomic mass is 16.5. The van der Waals surface area contributed by atoms with Crippen molar-refractivity contribution < 1.29 is 44.9 Å². The van der Waals surface area contributed by atoms with E-state index >= 15 is 0 Å². The van der Waals surface area contributed by atoms with Gasteiger partial charge in [0.1, 0.15) is 53.2 Å². The van der Waals surface area contributed by atoms with Gasteiger partial charge in [0.15, 0.2) is 16.8 Å². The molecular formula is C21H20O10. The van der Waals surface area contributed by atoms with Crippen LogP contribution in [0.4, 0.5) is 0 Å². The van der Waals surface area contributed by atoms with Crippen molar-refractivity contribution in [3.8, 4) is 28.6 Å². The number of phenolic OH excluding ortho intramolecular Hbond substituents is 3. The summed E-state index contributed by atoms with van der Waals surface area (Å²) in [5, 5.41) is 70.1. The van der Waals surface area contributed by atoms with E-state index < -0.39 is 54.1 Å². The average Bonchev–Trinajstić information content (AvgIpc) is 2.75. The number of aliphatic hydroxyl groups is 4. The van der Waals surface area contributed by atoms with E-state index in [-0.39, 0.29) is 28.0 Å². The first kappa shape index (κ1) is 21.1. The van der Waals surface area contributed by atoms with Crippen molar-refractivity contribution in [2.24, 2.45) is 0 Å². The van der Waals surface area contributed by atoms with Gasteiger partial charge in [0, 0.05) is 17.2 Å². The quantitative estimate of drug-likeness (QED) is 0.280. The molecule has 164 valence electrons. The highest BCUT2D eigenvalue weighted by molar-refractivity contribution is 5.90. The van der Waals surface area contributed by atoms with Crippen LogP contribution >= 0.6 is 0 Å². The molecule has 1 aliphatic heterocycles. The fourth-order valence-corrected chi connectivity index (χ4v) is 3.67. The van der Waals surface area contributed by atoms with E-state index in [1.807, 2.05) is 0 Å². The zero-order valence-electron chi connectivity index (χ0n) is 15.9. The van der Waals surface area contributed by atoms with E-state index in [2.05, 4.69) is 0 Å². The lowest BCUT2D eigenvalue weighted by molar-refractivity contribution is -0.232. The Morgan fingerprint density at radius 1 is 0.903 bits per heavy atom. The molecule has 0 unspecified atom stereocenters. The number of aliphatic hydroxyl groups excluding tert-OH is 4. The van der Waals surface area contributed by atoms with E-state index in [0.29, 0.717) is 5.56 Å². The molecule has 3 aromatic rings. The van der Waals surface area contributed by atoms with Crippen molar-refractivity contribution in [3.05, 3.63) is 52.2 Å². The standard InChI is InChI=1S/C21H20O10/c22-7-14-17(27)18(28)19(29)20(31-14)10-5-11(24)15-12(25)6-13(30-21(15)16(10)26)8-1-3-9(23)4-2-8/h1-6,14,17-20,22-24,26-29H,7H2/t14-,17-,18+,19-,20-/m1/s1. The molecule has 0 amide bonds. The Kier molecular flexibility index (Phi) is 5.33. The molecule has 1 saturated heterocycles. The molecule has 1 aromatic heterocycles. The number of phenols is 3. The van der Waals surface area contributed by atoms with Crippen LogP contribution in [0.3, 0.4) is 0 Å². The van der Waals surface area contributed by atoms with E-state index in [0.717, 1.165) is 12.1 Å². The van der Waals surface area contributed by atoms with Gasteiger partial charge in [-0.25, -0.2) is 0 Å². The normalized spacial score (nSPS) is 26.3. The summed E-state index contributed by atoms with van der Waals surface area (Å²) in [6.45, 7) is -0.679. The molecule has 0 spiro atoms. The van der Waals surface area contributed by atoms with Gasteiger partial charge in [-0.1, -0.05) is 0 Å². The Morgan fingerprint density at radius 2 is 1.58 bits per heavy atom. The summed E-state index contributed by atoms with van der Waals surface area (Å²) in [7, 11) is 0. The molecule has 4 rings (SSSR count). The zero-order valence-corrected chi connectivity index (χ0v) is 15.9. The second-order valence-corrected chi connectivity index (χ2v) is 7.31. The maximum absolute atomic E-state index is 12.6. The Hall–Kier alpha value is -3.15. The van der Waals surface area contributed by atoms with Crippen molar-refractivity contribution in [1.82, 2.24) is 0 Å². The molecule has 0 radical (unpaired) electrons. The predicted molar refractivity (Wildman–Crippen MR) is 106 cm³/mol. The molecule has 2 heterocycles. The van der Waals surface area contributed by atoms with Gasteiger partial charge in [-0.15, -0.1) is 0 Å². The number of hydrogen-bond acceptors (Lipinski definition) is 10. The predicted octanol–water partition coefficient (Wildman–Crippen LogP) is 0.0917. The van der Waals surface area contributed by atoms with Crippen LogP contribution in [0.1, 0.15) is 11.7 Å². The summed E-state index contributed by atoms with van der Waals surface area (Å²) in [5.41, 5.74) is -0.846. The number of ether oxygens (including phenoxy) is 1. The summed E-state index contributed by atoms with van der Waals surface area (Å²) in [6, 6.07) is 7.82. The summed E-state index contributed by atoms with van der Waals surface area (Å²) < 4.78 is 11.1. The molecule has 1 aliphatic rings. The van der Waals surface area contributed by atoms with Crippen molar-refractivity contribution >= 4 is 11.0 Å². The summed E-state index contributed by atoms with van der Waals surface area (Å²) >= 11 is 0. The maximum atomic E-state index is 12.6. The maximum Gasteiger partial charge on any atom is 0.197 e. The Labute approximate surface area is 174 Å². The average molecular weight is 432 g/mol. The topological polar surface area (TPSA) is 181 Å². The number of hydrogen-bond donors (Lipinski definition) is 7. The molecule has 10 heteroatoms. The molecular weight excluding hydrogens is 412 g/mol. The van der Waals surface area contributed by atoms with E-state index in [4.69, 9.17) is 9.15 Å². The van der Waals surface area contributed by atoms with Crippen LogP contribution in [0.15, 0.2) is 45.6 Å². The van der Waals surface area contributed by atoms with Crippen LogP contribution in [0.2, 0.25) is 0 Å². The van der Waals surface area contributed by atoms with E-state index in [1.54, 1.807) is 0 Å². The highest BCUT2D eigenvalue weighted by Gasteiger charge is 2.45. The number of aromatic hydroxyl groups is 3. The Bertz CT molecular complexity index is 1170. The van der Waals surface area contributed by atoms with Crippen LogP contribution in [0.5, 0.6) is 17.2 Å². The number of fused-ring (bicyclic) bond motifs is 1. The van der Waals surface area contributed by atoms with Crippen molar-refractivity contribution in [2.45, 2.75) is 30.5 Å². The van der Waals surface area contributed by atoms with Crippen LogP contribution in [0.25, 0.3) is 22.3 Å². The molecule has 0 bridgehead atoms. The van der Waals surface area contributed by atoms with Gasteiger partial charge in [-0.3, -0.25) is 4.79 Å². The second kappa shape index (κ2) is 7.84. The van der Waals surface area contributed by atoms with Gasteiger partial charge in [0.25, 0.3) is 0 Å². The molecule has 5 atom stereocenters. The first-order valence-electron chi connectivity index (χ1n) is 9.35. The zero-order chi connectivity index (χ0) is 22.4. The molecule has 31 heavy (non-hydrogen) atoms. The van der Waals surface area contributed by atoms with E-state index in [9.17, 15) is 40.5 Å². The number of rotatable bonds is 3. The highest BCUT2D eigenvalue weighted by Crippen LogP contribution is 2.43. The first-order chi connectivity index (χ1) is 14.7. The fraction of sp³-hybridized carbons (Fsp3) is 0.286. The van der Waals surface area contributed by atoms with Crippen LogP contribution < -0.4 is 5.43 Å². The first-order valence-corrected chi connectivity index (χ1v) is 9.35. The van der Waals surface area contributed by atoms with Crippen LogP contribution in [-0.2, 0) is 4.74 Å². The summed E-state index contributed by atoms with van der Waals surface area (Å²) in [5.74, 6) is -1.16. The lowest BCUT2D eigenvalue weighted by Gasteiger charge is -2.40. The minimum Gasteiger partial charge on any atom is -0.508 e. The molecule has 2 aromatic carbocycles. The minimum absolute atomic E-state index is 0.00252. The minimum atomic E-state index is -1.72. The third-order valence-corrected chi connectivity index (χ3v) is 5.34. The molecule has 0 aliphatic carbocycles. The van der Waals surface area contributed by atoms with Gasteiger partial charge in [-0.05, 0) is 30.3 Å². The van der Waals surface area contributed by atoms with Crippen molar-refractivity contribution in [3.63, 3.8) is 0 Å². The van der Waals surface area contributed by atoms with Gasteiger partial charge in [0.05, 0.1) is 6.61 Å². The SMILES string of the molecule is O=c1cc(-c2ccc(O)cc2)oc2c(O)c([C@H]3O[C@H](CO)[C@@H](O)[C@H](O)[C@H]3O)cc(O)c12. The fourth-order valence-electron chi connectivity index (χ4n) is 3.67. The Morgan fingerprint density at radius 3 is 2.23 bits per heavy atom. The largest absolute Gasteiger partial charge is 0.508 e. The van der Waals surface area contributed by atoms with Crippen molar-refractivity contribution in [2.75, 3.05) is 6.61 Å². The molecule has 1 fully saturated rings. The third kappa shape index (κ3) is 3.50. The lowest BCUT2D eigenvalue weighted by atomic mass is 9.90.